The van der Waals surface area contributed by atoms with E-state index in [0.717, 1.165) is 17.1 Å². The molecule has 76 valence electrons. The highest BCUT2D eigenvalue weighted by Gasteiger charge is 2.02. The Morgan fingerprint density at radius 2 is 1.80 bits per heavy atom. The minimum Gasteiger partial charge on any atom is -0.455 e. The van der Waals surface area contributed by atoms with Gasteiger partial charge >= 0.3 is 0 Å². The number of hydrogen-bond donors (Lipinski definition) is 0. The first-order valence-electron chi connectivity index (χ1n) is 4.88. The lowest BCUT2D eigenvalue weighted by Crippen LogP contribution is -1.75. The predicted octanol–water partition coefficient (Wildman–Crippen LogP) is 3.30. The lowest BCUT2D eigenvalue weighted by Gasteiger charge is -1.96. The van der Waals surface area contributed by atoms with Gasteiger partial charge in [-0.2, -0.15) is 0 Å². The molecule has 0 fully saturated rings. The molecule has 0 bridgehead atoms. The maximum Gasteiger partial charge on any atom is 0.145 e. The molecule has 0 aliphatic rings. The van der Waals surface area contributed by atoms with Crippen molar-refractivity contribution in [2.75, 3.05) is 7.05 Å². The molecule has 1 aromatic heterocycles. The van der Waals surface area contributed by atoms with Crippen molar-refractivity contribution < 1.29 is 4.42 Å². The summed E-state index contributed by atoms with van der Waals surface area (Å²) >= 11 is 0. The van der Waals surface area contributed by atoms with E-state index in [1.807, 2.05) is 12.1 Å². The normalized spacial score (nSPS) is 11.1. The fourth-order valence-corrected chi connectivity index (χ4v) is 1.42. The van der Waals surface area contributed by atoms with Gasteiger partial charge in [-0.15, -0.1) is 0 Å². The molecule has 0 spiro atoms. The van der Waals surface area contributed by atoms with Crippen LogP contribution < -0.4 is 0 Å². The Morgan fingerprint density at radius 3 is 2.47 bits per heavy atom. The van der Waals surface area contributed by atoms with Gasteiger partial charge in [-0.05, 0) is 19.1 Å². The quantitative estimate of drug-likeness (QED) is 0.681. The van der Waals surface area contributed by atoms with Crippen molar-refractivity contribution >= 4 is 6.21 Å². The smallest absolute Gasteiger partial charge is 0.145 e. The fraction of sp³-hybridized carbons (Fsp3) is 0.154. The molecule has 2 nitrogen and oxygen atoms in total. The second kappa shape index (κ2) is 4.13. The molecule has 2 aromatic rings. The van der Waals surface area contributed by atoms with Crippen LogP contribution in [0.2, 0.25) is 0 Å². The second-order valence-corrected chi connectivity index (χ2v) is 3.46. The second-order valence-electron chi connectivity index (χ2n) is 3.46. The molecule has 0 saturated heterocycles. The molecular weight excluding hydrogens is 186 g/mol. The van der Waals surface area contributed by atoms with Gasteiger partial charge in [0, 0.05) is 12.6 Å². The van der Waals surface area contributed by atoms with E-state index in [1.54, 1.807) is 13.3 Å². The van der Waals surface area contributed by atoms with Gasteiger partial charge in [0.15, 0.2) is 0 Å². The third kappa shape index (κ3) is 2.15. The van der Waals surface area contributed by atoms with E-state index in [9.17, 15) is 0 Å². The van der Waals surface area contributed by atoms with Gasteiger partial charge in [-0.1, -0.05) is 29.8 Å². The monoisotopic (exact) mass is 199 g/mol. The Morgan fingerprint density at radius 1 is 1.07 bits per heavy atom. The largest absolute Gasteiger partial charge is 0.455 e. The summed E-state index contributed by atoms with van der Waals surface area (Å²) in [6.07, 6.45) is 1.71. The van der Waals surface area contributed by atoms with Crippen LogP contribution >= 0.6 is 0 Å². The van der Waals surface area contributed by atoms with Gasteiger partial charge in [0.1, 0.15) is 11.5 Å². The van der Waals surface area contributed by atoms with E-state index >= 15 is 0 Å². The summed E-state index contributed by atoms with van der Waals surface area (Å²) in [5, 5.41) is 0. The van der Waals surface area contributed by atoms with Gasteiger partial charge in [0.2, 0.25) is 0 Å². The number of hydrogen-bond acceptors (Lipinski definition) is 2. The number of aryl methyl sites for hydroxylation is 1. The zero-order valence-electron chi connectivity index (χ0n) is 8.90. The highest BCUT2D eigenvalue weighted by Crippen LogP contribution is 2.21. The Kier molecular flexibility index (Phi) is 2.68. The van der Waals surface area contributed by atoms with Crippen LogP contribution in [-0.4, -0.2) is 13.3 Å². The molecule has 0 unspecified atom stereocenters. The van der Waals surface area contributed by atoms with E-state index in [0.29, 0.717) is 0 Å². The van der Waals surface area contributed by atoms with Gasteiger partial charge in [-0.25, -0.2) is 0 Å². The minimum atomic E-state index is 0.785. The molecule has 0 atom stereocenters. The van der Waals surface area contributed by atoms with Crippen molar-refractivity contribution in [1.29, 1.82) is 0 Å². The molecule has 2 rings (SSSR count). The maximum atomic E-state index is 5.60. The molecule has 1 aromatic carbocycles. The van der Waals surface area contributed by atoms with Crippen LogP contribution in [0.5, 0.6) is 0 Å². The van der Waals surface area contributed by atoms with Gasteiger partial charge in [0.05, 0.1) is 6.21 Å². The molecule has 0 amide bonds. The summed E-state index contributed by atoms with van der Waals surface area (Å²) in [5.41, 5.74) is 2.34. The number of nitrogens with zero attached hydrogens (tertiary/aromatic N) is 1. The van der Waals surface area contributed by atoms with Crippen molar-refractivity contribution in [2.45, 2.75) is 6.92 Å². The van der Waals surface area contributed by atoms with E-state index in [1.165, 1.54) is 5.56 Å². The van der Waals surface area contributed by atoms with E-state index in [2.05, 4.69) is 36.2 Å². The van der Waals surface area contributed by atoms with Crippen LogP contribution in [0, 0.1) is 6.92 Å². The summed E-state index contributed by atoms with van der Waals surface area (Å²) in [6, 6.07) is 12.1. The molecule has 1 heterocycles. The van der Waals surface area contributed by atoms with Crippen molar-refractivity contribution in [3.05, 3.63) is 47.7 Å². The summed E-state index contributed by atoms with van der Waals surface area (Å²) in [5.74, 6) is 1.66. The van der Waals surface area contributed by atoms with E-state index in [4.69, 9.17) is 4.42 Å². The van der Waals surface area contributed by atoms with E-state index in [-0.39, 0.29) is 0 Å². The highest BCUT2D eigenvalue weighted by molar-refractivity contribution is 5.77. The van der Waals surface area contributed by atoms with Crippen LogP contribution in [0.15, 0.2) is 45.8 Å². The Labute approximate surface area is 89.3 Å². The summed E-state index contributed by atoms with van der Waals surface area (Å²) < 4.78 is 5.60. The minimum absolute atomic E-state index is 0.785. The Balaban J connectivity index is 2.33. The Hall–Kier alpha value is -1.83. The molecule has 0 saturated carbocycles. The first-order valence-corrected chi connectivity index (χ1v) is 4.88. The molecule has 0 aliphatic heterocycles. The van der Waals surface area contributed by atoms with Crippen LogP contribution in [0.4, 0.5) is 0 Å². The molecule has 2 heteroatoms. The van der Waals surface area contributed by atoms with Gasteiger partial charge in [0.25, 0.3) is 0 Å². The van der Waals surface area contributed by atoms with Crippen molar-refractivity contribution in [2.24, 2.45) is 4.99 Å². The lowest BCUT2D eigenvalue weighted by atomic mass is 10.1. The summed E-state index contributed by atoms with van der Waals surface area (Å²) in [7, 11) is 1.73. The molecule has 0 aliphatic carbocycles. The first-order chi connectivity index (χ1) is 7.29. The van der Waals surface area contributed by atoms with E-state index < -0.39 is 0 Å². The maximum absolute atomic E-state index is 5.60. The summed E-state index contributed by atoms with van der Waals surface area (Å²) in [6.45, 7) is 2.07. The molecule has 15 heavy (non-hydrogen) atoms. The van der Waals surface area contributed by atoms with Crippen LogP contribution in [-0.2, 0) is 0 Å². The van der Waals surface area contributed by atoms with Crippen molar-refractivity contribution in [1.82, 2.24) is 0 Å². The number of rotatable bonds is 2. The van der Waals surface area contributed by atoms with Crippen LogP contribution in [0.3, 0.4) is 0 Å². The fourth-order valence-electron chi connectivity index (χ4n) is 1.42. The average Bonchev–Trinajstić information content (AvgIpc) is 2.68. The zero-order chi connectivity index (χ0) is 10.7. The molecule has 0 N–H and O–H groups in total. The molecular formula is C13H13NO. The lowest BCUT2D eigenvalue weighted by molar-refractivity contribution is 0.575. The third-order valence-electron chi connectivity index (χ3n) is 2.22. The predicted molar refractivity (Wildman–Crippen MR) is 62.4 cm³/mol. The highest BCUT2D eigenvalue weighted by atomic mass is 16.3. The van der Waals surface area contributed by atoms with Gasteiger partial charge in [-0.3, -0.25) is 4.99 Å². The summed E-state index contributed by atoms with van der Waals surface area (Å²) in [4.78, 5) is 3.91. The topological polar surface area (TPSA) is 25.5 Å². The zero-order valence-corrected chi connectivity index (χ0v) is 8.90. The Bertz CT molecular complexity index is 466. The average molecular weight is 199 g/mol. The molecule has 0 radical (unpaired) electrons. The number of furan rings is 1. The number of aliphatic imine (C=N–C) groups is 1. The van der Waals surface area contributed by atoms with Crippen molar-refractivity contribution in [3.63, 3.8) is 0 Å². The van der Waals surface area contributed by atoms with Crippen molar-refractivity contribution in [3.8, 4) is 11.3 Å². The standard InChI is InChI=1S/C13H13NO/c1-10-3-5-11(6-4-10)13-8-7-12(15-13)9-14-2/h3-9H,1-2H3/b14-9+. The van der Waals surface area contributed by atoms with Gasteiger partial charge < -0.3 is 4.42 Å². The van der Waals surface area contributed by atoms with Crippen LogP contribution in [0.25, 0.3) is 11.3 Å². The number of benzene rings is 1. The SMILES string of the molecule is C/N=C/c1ccc(-c2ccc(C)cc2)o1. The third-order valence-corrected chi connectivity index (χ3v) is 2.22. The van der Waals surface area contributed by atoms with Crippen LogP contribution in [0.1, 0.15) is 11.3 Å². The first kappa shape index (κ1) is 9.71.